The highest BCUT2D eigenvalue weighted by atomic mass is 32.2. The van der Waals surface area contributed by atoms with E-state index in [1.807, 2.05) is 18.2 Å². The Balaban J connectivity index is 1.79. The van der Waals surface area contributed by atoms with Gasteiger partial charge in [-0.05, 0) is 28.9 Å². The summed E-state index contributed by atoms with van der Waals surface area (Å²) in [5, 5.41) is 2.90. The summed E-state index contributed by atoms with van der Waals surface area (Å²) >= 11 is 1.70. The maximum absolute atomic E-state index is 12.4. The predicted octanol–water partition coefficient (Wildman–Crippen LogP) is 2.98. The van der Waals surface area contributed by atoms with Gasteiger partial charge < -0.3 is 11.1 Å². The second kappa shape index (κ2) is 6.99. The third kappa shape index (κ3) is 3.34. The fourth-order valence-corrected chi connectivity index (χ4v) is 3.88. The van der Waals surface area contributed by atoms with Crippen LogP contribution in [0.3, 0.4) is 0 Å². The fraction of sp³-hybridized carbons (Fsp3) is 0.278. The zero-order valence-corrected chi connectivity index (χ0v) is 13.2. The molecule has 0 radical (unpaired) electrons. The van der Waals surface area contributed by atoms with Gasteiger partial charge in [0.25, 0.3) is 0 Å². The van der Waals surface area contributed by atoms with Crippen LogP contribution in [0.2, 0.25) is 0 Å². The van der Waals surface area contributed by atoms with E-state index in [4.69, 9.17) is 5.73 Å². The minimum absolute atomic E-state index is 0.0745. The van der Waals surface area contributed by atoms with Crippen LogP contribution < -0.4 is 11.1 Å². The third-order valence-corrected chi connectivity index (χ3v) is 5.23. The molecular weight excluding hydrogens is 292 g/mol. The number of nitrogens with two attached hydrogens (primary N) is 1. The smallest absolute Gasteiger partial charge is 0.237 e. The maximum atomic E-state index is 12.4. The molecule has 114 valence electrons. The molecule has 0 spiro atoms. The molecule has 1 aliphatic rings. The molecule has 3 nitrogen and oxygen atoms in total. The summed E-state index contributed by atoms with van der Waals surface area (Å²) < 4.78 is 0. The highest BCUT2D eigenvalue weighted by Crippen LogP contribution is 2.33. The first-order valence-corrected chi connectivity index (χ1v) is 8.60. The minimum atomic E-state index is -0.138. The molecule has 1 saturated heterocycles. The van der Waals surface area contributed by atoms with E-state index < -0.39 is 0 Å². The number of carbonyl (C=O) groups is 1. The van der Waals surface area contributed by atoms with Crippen LogP contribution in [0.15, 0.2) is 54.6 Å². The van der Waals surface area contributed by atoms with Gasteiger partial charge in [0.2, 0.25) is 5.91 Å². The molecule has 1 heterocycles. The first-order chi connectivity index (χ1) is 10.8. The van der Waals surface area contributed by atoms with E-state index in [9.17, 15) is 4.79 Å². The lowest BCUT2D eigenvalue weighted by Crippen LogP contribution is -2.40. The summed E-state index contributed by atoms with van der Waals surface area (Å²) in [5.74, 6) is 1.02. The first-order valence-electron chi connectivity index (χ1n) is 7.55. The van der Waals surface area contributed by atoms with Crippen molar-refractivity contribution in [3.8, 4) is 11.1 Å². The van der Waals surface area contributed by atoms with E-state index in [1.54, 1.807) is 11.8 Å². The van der Waals surface area contributed by atoms with Crippen molar-refractivity contribution >= 4 is 17.7 Å². The largest absolute Gasteiger partial charge is 0.351 e. The normalized spacial score (nSPS) is 22.0. The van der Waals surface area contributed by atoms with Crippen molar-refractivity contribution in [3.63, 3.8) is 0 Å². The van der Waals surface area contributed by atoms with Crippen LogP contribution in [0.1, 0.15) is 17.2 Å². The van der Waals surface area contributed by atoms with Crippen molar-refractivity contribution in [2.75, 3.05) is 12.3 Å². The fourth-order valence-electron chi connectivity index (χ4n) is 2.66. The van der Waals surface area contributed by atoms with Gasteiger partial charge in [0.1, 0.15) is 5.25 Å². The average molecular weight is 312 g/mol. The number of amides is 1. The van der Waals surface area contributed by atoms with Gasteiger partial charge in [0.15, 0.2) is 0 Å². The first kappa shape index (κ1) is 15.1. The van der Waals surface area contributed by atoms with E-state index in [0.29, 0.717) is 6.54 Å². The monoisotopic (exact) mass is 312 g/mol. The van der Waals surface area contributed by atoms with Gasteiger partial charge in [0, 0.05) is 12.6 Å². The molecule has 0 aliphatic carbocycles. The molecule has 1 amide bonds. The van der Waals surface area contributed by atoms with E-state index in [-0.39, 0.29) is 17.2 Å². The Morgan fingerprint density at radius 1 is 1.05 bits per heavy atom. The van der Waals surface area contributed by atoms with Crippen molar-refractivity contribution < 1.29 is 4.79 Å². The number of benzene rings is 2. The van der Waals surface area contributed by atoms with Crippen molar-refractivity contribution in [2.45, 2.75) is 17.7 Å². The van der Waals surface area contributed by atoms with Gasteiger partial charge in [-0.25, -0.2) is 0 Å². The van der Waals surface area contributed by atoms with E-state index in [1.165, 1.54) is 11.1 Å². The van der Waals surface area contributed by atoms with Crippen LogP contribution in [0.4, 0.5) is 0 Å². The molecule has 1 fully saturated rings. The van der Waals surface area contributed by atoms with Gasteiger partial charge in [-0.15, -0.1) is 11.8 Å². The van der Waals surface area contributed by atoms with Crippen LogP contribution in [0.5, 0.6) is 0 Å². The molecule has 0 bridgehead atoms. The Morgan fingerprint density at radius 2 is 1.73 bits per heavy atom. The SMILES string of the molecule is NC[C@@H]1CCS[C@H](c2ccc(-c3ccccc3)cc2)C(=O)N1. The number of nitrogens with one attached hydrogen (secondary N) is 1. The van der Waals surface area contributed by atoms with Crippen LogP contribution in [0.25, 0.3) is 11.1 Å². The molecule has 22 heavy (non-hydrogen) atoms. The topological polar surface area (TPSA) is 55.1 Å². The summed E-state index contributed by atoms with van der Waals surface area (Å²) in [7, 11) is 0. The number of hydrogen-bond donors (Lipinski definition) is 2. The molecule has 0 unspecified atom stereocenters. The lowest BCUT2D eigenvalue weighted by Gasteiger charge is -2.16. The van der Waals surface area contributed by atoms with Gasteiger partial charge in [-0.2, -0.15) is 0 Å². The Kier molecular flexibility index (Phi) is 4.80. The third-order valence-electron chi connectivity index (χ3n) is 3.94. The summed E-state index contributed by atoms with van der Waals surface area (Å²) in [6, 6.07) is 18.7. The summed E-state index contributed by atoms with van der Waals surface area (Å²) in [4.78, 5) is 12.4. The Morgan fingerprint density at radius 3 is 2.41 bits per heavy atom. The van der Waals surface area contributed by atoms with Crippen LogP contribution >= 0.6 is 11.8 Å². The number of rotatable bonds is 3. The predicted molar refractivity (Wildman–Crippen MR) is 92.7 cm³/mol. The molecule has 2 aromatic carbocycles. The molecule has 3 N–H and O–H groups in total. The van der Waals surface area contributed by atoms with E-state index in [2.05, 4.69) is 41.7 Å². The number of thioether (sulfide) groups is 1. The Labute approximate surface area is 135 Å². The van der Waals surface area contributed by atoms with Crippen LogP contribution in [0, 0.1) is 0 Å². The molecular formula is C18H20N2OS. The Bertz CT molecular complexity index is 627. The summed E-state index contributed by atoms with van der Waals surface area (Å²) in [6.45, 7) is 0.506. The van der Waals surface area contributed by atoms with Crippen LogP contribution in [-0.4, -0.2) is 24.2 Å². The zero-order valence-electron chi connectivity index (χ0n) is 12.4. The molecule has 0 aromatic heterocycles. The molecule has 2 atom stereocenters. The van der Waals surface area contributed by atoms with Gasteiger partial charge >= 0.3 is 0 Å². The molecule has 2 aromatic rings. The molecule has 3 rings (SSSR count). The second-order valence-electron chi connectivity index (χ2n) is 5.47. The minimum Gasteiger partial charge on any atom is -0.351 e. The Hall–Kier alpha value is -1.78. The lowest BCUT2D eigenvalue weighted by atomic mass is 10.0. The lowest BCUT2D eigenvalue weighted by molar-refractivity contribution is -0.121. The van der Waals surface area contributed by atoms with Crippen molar-refractivity contribution in [2.24, 2.45) is 5.73 Å². The van der Waals surface area contributed by atoms with Gasteiger partial charge in [0.05, 0.1) is 0 Å². The quantitative estimate of drug-likeness (QED) is 0.916. The van der Waals surface area contributed by atoms with E-state index in [0.717, 1.165) is 17.7 Å². The molecule has 4 heteroatoms. The van der Waals surface area contributed by atoms with Crippen molar-refractivity contribution in [1.82, 2.24) is 5.32 Å². The van der Waals surface area contributed by atoms with Gasteiger partial charge in [-0.1, -0.05) is 54.6 Å². The average Bonchev–Trinajstić information content (AvgIpc) is 2.77. The number of carbonyl (C=O) groups excluding carboxylic acids is 1. The van der Waals surface area contributed by atoms with E-state index >= 15 is 0 Å². The van der Waals surface area contributed by atoms with Crippen molar-refractivity contribution in [3.05, 3.63) is 60.2 Å². The second-order valence-corrected chi connectivity index (χ2v) is 6.68. The van der Waals surface area contributed by atoms with Crippen molar-refractivity contribution in [1.29, 1.82) is 0 Å². The standard InChI is InChI=1S/C18H20N2OS/c19-12-16-10-11-22-17(18(21)20-16)15-8-6-14(7-9-15)13-4-2-1-3-5-13/h1-9,16-17H,10-12,19H2,(H,20,21)/t16-,17+/m0/s1. The maximum Gasteiger partial charge on any atom is 0.237 e. The summed E-state index contributed by atoms with van der Waals surface area (Å²) in [6.07, 6.45) is 0.936. The summed E-state index contributed by atoms with van der Waals surface area (Å²) in [5.41, 5.74) is 9.09. The molecule has 1 aliphatic heterocycles. The zero-order chi connectivity index (χ0) is 15.4. The highest BCUT2D eigenvalue weighted by molar-refractivity contribution is 8.00. The number of hydrogen-bond acceptors (Lipinski definition) is 3. The van der Waals surface area contributed by atoms with Crippen LogP contribution in [-0.2, 0) is 4.79 Å². The molecule has 0 saturated carbocycles. The van der Waals surface area contributed by atoms with Gasteiger partial charge in [-0.3, -0.25) is 4.79 Å². The highest BCUT2D eigenvalue weighted by Gasteiger charge is 2.26.